The number of hydrogen-bond donors (Lipinski definition) is 3. The predicted octanol–water partition coefficient (Wildman–Crippen LogP) is 2.75. The molecule has 1 saturated carbocycles. The van der Waals surface area contributed by atoms with Gasteiger partial charge in [-0.1, -0.05) is 25.7 Å². The van der Waals surface area contributed by atoms with Gasteiger partial charge in [0, 0.05) is 39.3 Å². The second kappa shape index (κ2) is 12.0. The van der Waals surface area contributed by atoms with Crippen LogP contribution in [0, 0.1) is 0 Å². The molecule has 2 aromatic rings. The van der Waals surface area contributed by atoms with Crippen molar-refractivity contribution < 1.29 is 0 Å². The van der Waals surface area contributed by atoms with Crippen molar-refractivity contribution in [3.63, 3.8) is 0 Å². The Balaban J connectivity index is 0.00000289. The van der Waals surface area contributed by atoms with Gasteiger partial charge in [-0.05, 0) is 38.8 Å². The first-order valence-electron chi connectivity index (χ1n) is 11.8. The number of likely N-dealkylation sites (tertiary alicyclic amines) is 1. The van der Waals surface area contributed by atoms with Crippen molar-refractivity contribution in [2.24, 2.45) is 12.0 Å². The van der Waals surface area contributed by atoms with Crippen molar-refractivity contribution in [3.8, 4) is 0 Å². The number of nitrogens with one attached hydrogen (secondary N) is 3. The van der Waals surface area contributed by atoms with E-state index in [-0.39, 0.29) is 24.0 Å². The largest absolute Gasteiger partial charge is 0.368 e. The molecule has 0 radical (unpaired) electrons. The number of piperidine rings is 1. The third-order valence-corrected chi connectivity index (χ3v) is 6.86. The Hall–Kier alpha value is -1.69. The number of halogens is 1. The lowest BCUT2D eigenvalue weighted by Gasteiger charge is -2.48. The van der Waals surface area contributed by atoms with E-state index < -0.39 is 0 Å². The highest BCUT2D eigenvalue weighted by Gasteiger charge is 2.38. The summed E-state index contributed by atoms with van der Waals surface area (Å²) in [5, 5.41) is 15.7. The van der Waals surface area contributed by atoms with Gasteiger partial charge in [0.1, 0.15) is 12.1 Å². The average molecular weight is 556 g/mol. The van der Waals surface area contributed by atoms with E-state index in [1.165, 1.54) is 64.5 Å². The van der Waals surface area contributed by atoms with Crippen molar-refractivity contribution in [1.29, 1.82) is 0 Å². The fraction of sp³-hybridized carbons (Fsp3) is 0.727. The van der Waals surface area contributed by atoms with Crippen LogP contribution in [0.3, 0.4) is 0 Å². The van der Waals surface area contributed by atoms with Crippen LogP contribution in [-0.4, -0.2) is 75.9 Å². The molecule has 1 aliphatic carbocycles. The molecule has 178 valence electrons. The summed E-state index contributed by atoms with van der Waals surface area (Å²) >= 11 is 0. The quantitative estimate of drug-likeness (QED) is 0.209. The summed E-state index contributed by atoms with van der Waals surface area (Å²) in [4.78, 5) is 15.9. The zero-order valence-electron chi connectivity index (χ0n) is 19.4. The van der Waals surface area contributed by atoms with E-state index in [0.717, 1.165) is 42.4 Å². The van der Waals surface area contributed by atoms with E-state index in [1.807, 2.05) is 14.1 Å². The van der Waals surface area contributed by atoms with Crippen LogP contribution in [0.4, 0.5) is 5.82 Å². The summed E-state index contributed by atoms with van der Waals surface area (Å²) in [5.74, 6) is 1.69. The number of aromatic nitrogens is 4. The molecule has 2 aromatic heterocycles. The van der Waals surface area contributed by atoms with Crippen LogP contribution in [0.1, 0.15) is 51.4 Å². The second-order valence-corrected chi connectivity index (χ2v) is 8.84. The number of aryl methyl sites for hydroxylation is 1. The van der Waals surface area contributed by atoms with Gasteiger partial charge in [-0.3, -0.25) is 14.6 Å². The SMILES string of the molecule is CN=C(NCCNc1ncnc2c1cnn2C)NCC1(N2CCCCC2)CCCCC1.I. The average Bonchev–Trinajstić information content (AvgIpc) is 3.21. The molecule has 0 aromatic carbocycles. The topological polar surface area (TPSA) is 95.3 Å². The summed E-state index contributed by atoms with van der Waals surface area (Å²) in [6.07, 6.45) is 14.1. The van der Waals surface area contributed by atoms with Crippen LogP contribution in [0.2, 0.25) is 0 Å². The Kier molecular flexibility index (Phi) is 9.33. The number of nitrogens with zero attached hydrogens (tertiary/aromatic N) is 6. The van der Waals surface area contributed by atoms with Crippen molar-refractivity contribution >= 4 is 46.8 Å². The Morgan fingerprint density at radius 1 is 1.03 bits per heavy atom. The van der Waals surface area contributed by atoms with E-state index in [4.69, 9.17) is 0 Å². The monoisotopic (exact) mass is 555 g/mol. The van der Waals surface area contributed by atoms with Gasteiger partial charge in [0.05, 0.1) is 11.6 Å². The molecule has 1 aliphatic heterocycles. The van der Waals surface area contributed by atoms with Gasteiger partial charge < -0.3 is 16.0 Å². The summed E-state index contributed by atoms with van der Waals surface area (Å²) < 4.78 is 1.76. The van der Waals surface area contributed by atoms with Gasteiger partial charge in [-0.15, -0.1) is 24.0 Å². The van der Waals surface area contributed by atoms with Crippen LogP contribution in [-0.2, 0) is 7.05 Å². The zero-order chi connectivity index (χ0) is 21.5. The van der Waals surface area contributed by atoms with Crippen LogP contribution >= 0.6 is 24.0 Å². The maximum Gasteiger partial charge on any atom is 0.191 e. The lowest BCUT2D eigenvalue weighted by molar-refractivity contribution is 0.0368. The van der Waals surface area contributed by atoms with Gasteiger partial charge in [-0.2, -0.15) is 5.10 Å². The number of aliphatic imine (C=N–C) groups is 1. The van der Waals surface area contributed by atoms with E-state index in [9.17, 15) is 0 Å². The third kappa shape index (κ3) is 5.81. The fourth-order valence-corrected chi connectivity index (χ4v) is 5.12. The van der Waals surface area contributed by atoms with Crippen molar-refractivity contribution in [1.82, 2.24) is 35.3 Å². The molecule has 3 heterocycles. The van der Waals surface area contributed by atoms with Gasteiger partial charge in [0.2, 0.25) is 0 Å². The summed E-state index contributed by atoms with van der Waals surface area (Å²) in [6.45, 7) is 4.96. The molecule has 32 heavy (non-hydrogen) atoms. The third-order valence-electron chi connectivity index (χ3n) is 6.86. The Morgan fingerprint density at radius 2 is 1.78 bits per heavy atom. The number of guanidine groups is 1. The lowest BCUT2D eigenvalue weighted by Crippen LogP contribution is -2.59. The van der Waals surface area contributed by atoms with Crippen LogP contribution in [0.15, 0.2) is 17.5 Å². The minimum atomic E-state index is 0. The molecule has 0 amide bonds. The number of fused-ring (bicyclic) bond motifs is 1. The summed E-state index contributed by atoms with van der Waals surface area (Å²) in [6, 6.07) is 0. The molecular formula is C22H38IN9. The normalized spacial score (nSPS) is 19.4. The van der Waals surface area contributed by atoms with Crippen molar-refractivity contribution in [2.45, 2.75) is 56.9 Å². The smallest absolute Gasteiger partial charge is 0.191 e. The molecule has 0 bridgehead atoms. The van der Waals surface area contributed by atoms with Gasteiger partial charge in [-0.25, -0.2) is 9.97 Å². The molecule has 0 spiro atoms. The summed E-state index contributed by atoms with van der Waals surface area (Å²) in [7, 11) is 3.74. The Bertz CT molecular complexity index is 869. The van der Waals surface area contributed by atoms with Gasteiger partial charge >= 0.3 is 0 Å². The van der Waals surface area contributed by atoms with E-state index >= 15 is 0 Å². The standard InChI is InChI=1S/C22H37N9.HI/c1-23-21(25-12-11-24-19-18-15-29-30(2)20(18)28-17-27-19)26-16-22(9-5-3-6-10-22)31-13-7-4-8-14-31;/h15,17H,3-14,16H2,1-2H3,(H2,23,25,26)(H,24,27,28);1H. The Labute approximate surface area is 208 Å². The van der Waals surface area contributed by atoms with E-state index in [0.29, 0.717) is 5.54 Å². The minimum Gasteiger partial charge on any atom is -0.368 e. The maximum absolute atomic E-state index is 4.46. The summed E-state index contributed by atoms with van der Waals surface area (Å²) in [5.41, 5.74) is 1.12. The molecule has 3 N–H and O–H groups in total. The predicted molar refractivity (Wildman–Crippen MR) is 141 cm³/mol. The molecule has 0 atom stereocenters. The first-order valence-corrected chi connectivity index (χ1v) is 11.8. The van der Waals surface area contributed by atoms with Crippen molar-refractivity contribution in [3.05, 3.63) is 12.5 Å². The van der Waals surface area contributed by atoms with E-state index in [1.54, 1.807) is 17.2 Å². The van der Waals surface area contributed by atoms with Crippen molar-refractivity contribution in [2.75, 3.05) is 45.1 Å². The van der Waals surface area contributed by atoms with Crippen LogP contribution in [0.25, 0.3) is 11.0 Å². The molecule has 0 unspecified atom stereocenters. The molecular weight excluding hydrogens is 517 g/mol. The van der Waals surface area contributed by atoms with Gasteiger partial charge in [0.15, 0.2) is 11.6 Å². The van der Waals surface area contributed by atoms with Gasteiger partial charge in [0.25, 0.3) is 0 Å². The Morgan fingerprint density at radius 3 is 2.53 bits per heavy atom. The van der Waals surface area contributed by atoms with Crippen LogP contribution < -0.4 is 16.0 Å². The first kappa shape index (κ1) is 24.9. The fourth-order valence-electron chi connectivity index (χ4n) is 5.12. The molecule has 2 fully saturated rings. The lowest BCUT2D eigenvalue weighted by atomic mass is 9.79. The molecule has 4 rings (SSSR count). The first-order chi connectivity index (χ1) is 15.2. The minimum absolute atomic E-state index is 0. The second-order valence-electron chi connectivity index (χ2n) is 8.84. The molecule has 2 aliphatic rings. The zero-order valence-corrected chi connectivity index (χ0v) is 21.8. The molecule has 10 heteroatoms. The highest BCUT2D eigenvalue weighted by Crippen LogP contribution is 2.35. The number of hydrogen-bond acceptors (Lipinski definition) is 6. The molecule has 1 saturated heterocycles. The highest BCUT2D eigenvalue weighted by atomic mass is 127. The van der Waals surface area contributed by atoms with Crippen LogP contribution in [0.5, 0.6) is 0 Å². The highest BCUT2D eigenvalue weighted by molar-refractivity contribution is 14.0. The molecule has 9 nitrogen and oxygen atoms in total. The number of anilines is 1. The van der Waals surface area contributed by atoms with E-state index in [2.05, 4.69) is 40.9 Å². The maximum atomic E-state index is 4.46. The number of rotatable bonds is 7.